The lowest BCUT2D eigenvalue weighted by atomic mass is 9.87. The fourth-order valence-electron chi connectivity index (χ4n) is 7.30. The average Bonchev–Trinajstić information content (AvgIpc) is 3.26. The number of fused-ring (bicyclic) bond motifs is 2. The first-order valence-electron chi connectivity index (χ1n) is 21.4. The number of carbonyl (C=O) groups is 4. The minimum absolute atomic E-state index is 0.0405. The van der Waals surface area contributed by atoms with E-state index in [1.165, 1.54) is 0 Å². The van der Waals surface area contributed by atoms with Gasteiger partial charge in [0.05, 0.1) is 25.1 Å². The first-order chi connectivity index (χ1) is 29.5. The van der Waals surface area contributed by atoms with E-state index in [4.69, 9.17) is 4.74 Å². The van der Waals surface area contributed by atoms with Gasteiger partial charge in [-0.1, -0.05) is 161 Å². The molecule has 5 aromatic rings. The number of benzene rings is 5. The van der Waals surface area contributed by atoms with Crippen LogP contribution in [0, 0.1) is 29.6 Å². The quantitative estimate of drug-likeness (QED) is 0.0511. The van der Waals surface area contributed by atoms with Crippen molar-refractivity contribution < 1.29 is 29.0 Å². The fraction of sp³-hybridized carbons (Fsp3) is 0.373. The van der Waals surface area contributed by atoms with Crippen LogP contribution in [-0.4, -0.2) is 60.2 Å². The first kappa shape index (κ1) is 45.9. The van der Waals surface area contributed by atoms with Crippen molar-refractivity contribution in [2.45, 2.75) is 91.0 Å². The Balaban J connectivity index is 1.38. The summed E-state index contributed by atoms with van der Waals surface area (Å²) >= 11 is 0. The number of ether oxygens (including phenoxy) is 1. The highest BCUT2D eigenvalue weighted by atomic mass is 16.5. The second kappa shape index (κ2) is 23.6. The van der Waals surface area contributed by atoms with Gasteiger partial charge in [-0.25, -0.2) is 4.79 Å². The maximum atomic E-state index is 14.7. The van der Waals surface area contributed by atoms with Crippen LogP contribution in [-0.2, 0) is 38.6 Å². The summed E-state index contributed by atoms with van der Waals surface area (Å²) in [5.74, 6) is 4.50. The minimum atomic E-state index is -1.16. The normalized spacial score (nSPS) is 13.1. The van der Waals surface area contributed by atoms with Crippen LogP contribution in [0.15, 0.2) is 115 Å². The molecule has 61 heavy (non-hydrogen) atoms. The van der Waals surface area contributed by atoms with E-state index in [9.17, 15) is 24.3 Å². The van der Waals surface area contributed by atoms with Gasteiger partial charge < -0.3 is 31.1 Å². The van der Waals surface area contributed by atoms with Gasteiger partial charge in [-0.15, -0.1) is 0 Å². The van der Waals surface area contributed by atoms with Crippen LogP contribution in [0.25, 0.3) is 21.5 Å². The zero-order chi connectivity index (χ0) is 43.6. The molecule has 0 saturated heterocycles. The van der Waals surface area contributed by atoms with E-state index >= 15 is 0 Å². The summed E-state index contributed by atoms with van der Waals surface area (Å²) in [4.78, 5) is 54.2. The molecule has 320 valence electrons. The van der Waals surface area contributed by atoms with E-state index in [1.54, 1.807) is 0 Å². The van der Waals surface area contributed by atoms with Gasteiger partial charge in [-0.05, 0) is 69.3 Å². The predicted molar refractivity (Wildman–Crippen MR) is 242 cm³/mol. The van der Waals surface area contributed by atoms with Crippen molar-refractivity contribution in [1.82, 2.24) is 21.3 Å². The molecule has 0 aromatic heterocycles. The van der Waals surface area contributed by atoms with Crippen molar-refractivity contribution in [3.05, 3.63) is 132 Å². The Morgan fingerprint density at radius 1 is 0.689 bits per heavy atom. The Labute approximate surface area is 360 Å². The summed E-state index contributed by atoms with van der Waals surface area (Å²) in [5, 5.41) is 27.1. The average molecular weight is 825 g/mol. The van der Waals surface area contributed by atoms with Gasteiger partial charge in [0.25, 0.3) is 0 Å². The Bertz CT molecular complexity index is 2190. The zero-order valence-corrected chi connectivity index (χ0v) is 35.8. The number of nitrogens with one attached hydrogen (secondary N) is 4. The number of aliphatic hydroxyl groups is 1. The molecule has 5 rings (SSSR count). The summed E-state index contributed by atoms with van der Waals surface area (Å²) < 4.78 is 5.29. The van der Waals surface area contributed by atoms with Crippen LogP contribution in [0.2, 0.25) is 0 Å². The van der Waals surface area contributed by atoms with Gasteiger partial charge in [-0.2, -0.15) is 0 Å². The molecule has 0 aliphatic heterocycles. The van der Waals surface area contributed by atoms with E-state index in [2.05, 4.69) is 45.2 Å². The molecule has 0 bridgehead atoms. The molecule has 0 heterocycles. The van der Waals surface area contributed by atoms with Gasteiger partial charge in [0.2, 0.25) is 17.7 Å². The van der Waals surface area contributed by atoms with Gasteiger partial charge in [0.15, 0.2) is 0 Å². The number of hydrogen-bond acceptors (Lipinski definition) is 6. The van der Waals surface area contributed by atoms with Crippen molar-refractivity contribution in [3.63, 3.8) is 0 Å². The molecular formula is C51H60N4O6. The molecule has 5 aromatic carbocycles. The molecule has 5 N–H and O–H groups in total. The van der Waals surface area contributed by atoms with Gasteiger partial charge >= 0.3 is 6.09 Å². The third kappa shape index (κ3) is 14.5. The maximum absolute atomic E-state index is 14.7. The molecule has 10 heteroatoms. The summed E-state index contributed by atoms with van der Waals surface area (Å²) in [7, 11) is 0. The summed E-state index contributed by atoms with van der Waals surface area (Å²) in [5.41, 5.74) is 2.87. The van der Waals surface area contributed by atoms with Crippen molar-refractivity contribution in [3.8, 4) is 11.8 Å². The van der Waals surface area contributed by atoms with Crippen molar-refractivity contribution in [2.75, 3.05) is 13.1 Å². The van der Waals surface area contributed by atoms with E-state index in [0.29, 0.717) is 25.8 Å². The molecule has 0 aliphatic carbocycles. The Hall–Kier alpha value is -6.18. The van der Waals surface area contributed by atoms with Crippen LogP contribution in [0.4, 0.5) is 4.79 Å². The van der Waals surface area contributed by atoms with E-state index < -0.39 is 36.1 Å². The molecule has 10 nitrogen and oxygen atoms in total. The Morgan fingerprint density at radius 3 is 1.89 bits per heavy atom. The van der Waals surface area contributed by atoms with E-state index in [1.807, 2.05) is 131 Å². The number of aliphatic hydroxyl groups excluding tert-OH is 1. The highest BCUT2D eigenvalue weighted by molar-refractivity contribution is 5.91. The molecule has 4 atom stereocenters. The summed E-state index contributed by atoms with van der Waals surface area (Å²) in [6, 6.07) is 35.7. The topological polar surface area (TPSA) is 146 Å². The standard InChI is InChI=1S/C51H60N4O6/c1-5-36(4)33-53-48(57)32-47(56)46(29-35(2)3)55-50(59)45(27-13-14-28-52-51(60)61-34-37-17-7-6-8-18-37)54-49(58)42(30-40-23-15-21-38-19-9-11-25-43(38)40)31-41-24-16-22-39-20-10-12-26-44(39)41/h6-12,15-26,35-36,42,45-47,56H,5,27-34H2,1-4H3,(H,52,60)(H,53,57)(H,54,58)(H,55,59)/t36?,45?,46?,47-/m0/s1. The first-order valence-corrected chi connectivity index (χ1v) is 21.4. The highest BCUT2D eigenvalue weighted by Gasteiger charge is 2.31. The molecule has 0 radical (unpaired) electrons. The van der Waals surface area contributed by atoms with Crippen LogP contribution >= 0.6 is 0 Å². The summed E-state index contributed by atoms with van der Waals surface area (Å²) in [6.45, 7) is 8.60. The van der Waals surface area contributed by atoms with Crippen LogP contribution in [0.3, 0.4) is 0 Å². The van der Waals surface area contributed by atoms with Crippen molar-refractivity contribution >= 4 is 45.4 Å². The zero-order valence-electron chi connectivity index (χ0n) is 35.8. The highest BCUT2D eigenvalue weighted by Crippen LogP contribution is 2.27. The predicted octanol–water partition coefficient (Wildman–Crippen LogP) is 7.64. The second-order valence-electron chi connectivity index (χ2n) is 16.2. The monoisotopic (exact) mass is 824 g/mol. The largest absolute Gasteiger partial charge is 0.445 e. The number of hydrogen-bond donors (Lipinski definition) is 5. The Morgan fingerprint density at radius 2 is 1.28 bits per heavy atom. The maximum Gasteiger partial charge on any atom is 0.408 e. The second-order valence-corrected chi connectivity index (χ2v) is 16.2. The third-order valence-electron chi connectivity index (χ3n) is 10.9. The molecule has 4 amide bonds. The van der Waals surface area contributed by atoms with E-state index in [-0.39, 0.29) is 49.6 Å². The lowest BCUT2D eigenvalue weighted by Crippen LogP contribution is -2.54. The smallest absolute Gasteiger partial charge is 0.408 e. The molecular weight excluding hydrogens is 765 g/mol. The Kier molecular flexibility index (Phi) is 17.7. The molecule has 3 unspecified atom stereocenters. The van der Waals surface area contributed by atoms with Crippen LogP contribution in [0.5, 0.6) is 0 Å². The number of rotatable bonds is 20. The lowest BCUT2D eigenvalue weighted by Gasteiger charge is -2.28. The van der Waals surface area contributed by atoms with Crippen molar-refractivity contribution in [1.29, 1.82) is 0 Å². The SMILES string of the molecule is CCC(C)CNC(=O)C[C@H](O)C(CC(C)C)NC(=O)C(CC#CCNC(=O)OCc1ccccc1)NC(=O)C(Cc1cccc2ccccc12)Cc1cccc2ccccc12. The fourth-order valence-corrected chi connectivity index (χ4v) is 7.30. The number of amides is 4. The molecule has 0 fully saturated rings. The third-order valence-corrected chi connectivity index (χ3v) is 10.9. The van der Waals surface area contributed by atoms with Crippen LogP contribution in [0.1, 0.15) is 70.1 Å². The number of carbonyl (C=O) groups excluding carboxylic acids is 4. The van der Waals surface area contributed by atoms with Crippen LogP contribution < -0.4 is 21.3 Å². The van der Waals surface area contributed by atoms with Crippen molar-refractivity contribution in [2.24, 2.45) is 17.8 Å². The molecule has 0 saturated carbocycles. The summed E-state index contributed by atoms with van der Waals surface area (Å²) in [6.07, 6.45) is 0.0636. The van der Waals surface area contributed by atoms with Gasteiger partial charge in [0, 0.05) is 18.9 Å². The molecule has 0 aliphatic rings. The number of alkyl carbamates (subject to hydrolysis) is 1. The van der Waals surface area contributed by atoms with E-state index in [0.717, 1.165) is 44.7 Å². The lowest BCUT2D eigenvalue weighted by molar-refractivity contribution is -0.132. The minimum Gasteiger partial charge on any atom is -0.445 e. The van der Waals surface area contributed by atoms with Gasteiger partial charge in [0.1, 0.15) is 12.6 Å². The van der Waals surface area contributed by atoms with Gasteiger partial charge in [-0.3, -0.25) is 14.4 Å². The molecule has 0 spiro atoms.